The van der Waals surface area contributed by atoms with Crippen molar-refractivity contribution in [3.8, 4) is 11.1 Å². The topological polar surface area (TPSA) is 66.8 Å². The Bertz CT molecular complexity index is 1000. The number of hydrogen-bond donors (Lipinski definition) is 1. The van der Waals surface area contributed by atoms with Crippen LogP contribution >= 0.6 is 0 Å². The molecule has 1 N–H and O–H groups in total. The van der Waals surface area contributed by atoms with Gasteiger partial charge in [0.25, 0.3) is 0 Å². The Kier molecular flexibility index (Phi) is 7.42. The zero-order chi connectivity index (χ0) is 24.3. The van der Waals surface area contributed by atoms with Crippen LogP contribution in [0.5, 0.6) is 0 Å². The van der Waals surface area contributed by atoms with E-state index in [1.54, 1.807) is 6.92 Å². The highest BCUT2D eigenvalue weighted by Gasteiger charge is 2.33. The van der Waals surface area contributed by atoms with Crippen LogP contribution in [0.1, 0.15) is 29.2 Å². The number of methoxy groups -OCH3 is 1. The smallest absolute Gasteiger partial charge is 0.416 e. The molecule has 0 aliphatic rings. The van der Waals surface area contributed by atoms with Gasteiger partial charge in [-0.1, -0.05) is 12.1 Å². The second-order valence-electron chi connectivity index (χ2n) is 6.84. The molecule has 0 heterocycles. The predicted molar refractivity (Wildman–Crippen MR) is 102 cm³/mol. The van der Waals surface area contributed by atoms with Crippen molar-refractivity contribution in [3.05, 3.63) is 58.7 Å². The molecule has 5 nitrogen and oxygen atoms in total. The van der Waals surface area contributed by atoms with Gasteiger partial charge in [-0.15, -0.1) is 0 Å². The molecule has 0 saturated heterocycles. The Labute approximate surface area is 179 Å². The quantitative estimate of drug-likeness (QED) is 0.566. The number of ether oxygens (including phenoxy) is 1. The second-order valence-corrected chi connectivity index (χ2v) is 6.84. The molecule has 0 bridgehead atoms. The van der Waals surface area contributed by atoms with Gasteiger partial charge >= 0.3 is 24.4 Å². The molecule has 32 heavy (non-hydrogen) atoms. The number of carboxylic acid groups (broad SMARTS) is 1. The van der Waals surface area contributed by atoms with Crippen LogP contribution in [0.4, 0.5) is 31.1 Å². The standard InChI is InChI=1S/C21H19F6NO4/c1-3-28(19(31)32-2)11-14-10-15(20(22,23)24)4-5-17(14)13-6-12(8-18(29)30)7-16(9-13)21(25,26)27/h4-7,9-10H,3,8,11H2,1-2H3,(H,29,30). The van der Waals surface area contributed by atoms with Crippen LogP contribution in [0.25, 0.3) is 11.1 Å². The first kappa shape index (κ1) is 25.0. The molecule has 2 aromatic carbocycles. The Morgan fingerprint density at radius 2 is 1.59 bits per heavy atom. The fraction of sp³-hybridized carbons (Fsp3) is 0.333. The van der Waals surface area contributed by atoms with Crippen molar-refractivity contribution in [1.82, 2.24) is 4.90 Å². The van der Waals surface area contributed by atoms with E-state index >= 15 is 0 Å². The molecule has 2 aromatic rings. The van der Waals surface area contributed by atoms with E-state index in [4.69, 9.17) is 5.11 Å². The predicted octanol–water partition coefficient (Wildman–Crippen LogP) is 5.61. The lowest BCUT2D eigenvalue weighted by molar-refractivity contribution is -0.138. The van der Waals surface area contributed by atoms with Crippen LogP contribution in [-0.2, 0) is 34.8 Å². The number of alkyl halides is 6. The van der Waals surface area contributed by atoms with Crippen molar-refractivity contribution in [2.45, 2.75) is 32.2 Å². The lowest BCUT2D eigenvalue weighted by Crippen LogP contribution is -2.30. The normalized spacial score (nSPS) is 11.9. The number of aliphatic carboxylic acids is 1. The third-order valence-electron chi connectivity index (χ3n) is 4.59. The number of amides is 1. The van der Waals surface area contributed by atoms with E-state index in [0.717, 1.165) is 30.2 Å². The van der Waals surface area contributed by atoms with Crippen molar-refractivity contribution >= 4 is 12.1 Å². The summed E-state index contributed by atoms with van der Waals surface area (Å²) in [5, 5.41) is 8.98. The van der Waals surface area contributed by atoms with E-state index < -0.39 is 42.0 Å². The Morgan fingerprint density at radius 3 is 2.09 bits per heavy atom. The second kappa shape index (κ2) is 9.49. The minimum Gasteiger partial charge on any atom is -0.481 e. The van der Waals surface area contributed by atoms with Crippen molar-refractivity contribution < 1.29 is 45.8 Å². The van der Waals surface area contributed by atoms with Crippen molar-refractivity contribution in [2.75, 3.05) is 13.7 Å². The van der Waals surface area contributed by atoms with E-state index in [9.17, 15) is 35.9 Å². The molecule has 0 aliphatic carbocycles. The molecule has 2 rings (SSSR count). The Hall–Kier alpha value is -3.24. The van der Waals surface area contributed by atoms with Gasteiger partial charge in [-0.25, -0.2) is 4.79 Å². The summed E-state index contributed by atoms with van der Waals surface area (Å²) in [7, 11) is 1.09. The number of hydrogen-bond acceptors (Lipinski definition) is 3. The summed E-state index contributed by atoms with van der Waals surface area (Å²) in [6.07, 6.45) is -11.1. The maximum Gasteiger partial charge on any atom is 0.416 e. The summed E-state index contributed by atoms with van der Waals surface area (Å²) in [5.74, 6) is -1.37. The molecule has 1 amide bonds. The summed E-state index contributed by atoms with van der Waals surface area (Å²) in [6, 6.07) is 5.04. The van der Waals surface area contributed by atoms with Crippen LogP contribution < -0.4 is 0 Å². The molecular weight excluding hydrogens is 444 g/mol. The monoisotopic (exact) mass is 463 g/mol. The van der Waals surface area contributed by atoms with E-state index in [2.05, 4.69) is 4.74 Å². The number of carbonyl (C=O) groups excluding carboxylic acids is 1. The summed E-state index contributed by atoms with van der Waals surface area (Å²) in [4.78, 5) is 24.0. The molecule has 0 atom stereocenters. The number of halogens is 6. The molecule has 174 valence electrons. The minimum atomic E-state index is -4.81. The van der Waals surface area contributed by atoms with Crippen LogP contribution in [0.15, 0.2) is 36.4 Å². The highest BCUT2D eigenvalue weighted by molar-refractivity contribution is 5.75. The Morgan fingerprint density at radius 1 is 0.969 bits per heavy atom. The number of rotatable bonds is 6. The maximum atomic E-state index is 13.4. The largest absolute Gasteiger partial charge is 0.481 e. The summed E-state index contributed by atoms with van der Waals surface area (Å²) in [6.45, 7) is 1.25. The third-order valence-corrected chi connectivity index (χ3v) is 4.59. The van der Waals surface area contributed by atoms with Crippen LogP contribution in [0.2, 0.25) is 0 Å². The average Bonchev–Trinajstić information content (AvgIpc) is 2.69. The van der Waals surface area contributed by atoms with Gasteiger partial charge in [-0.3, -0.25) is 4.79 Å². The fourth-order valence-electron chi connectivity index (χ4n) is 3.11. The van der Waals surface area contributed by atoms with Crippen LogP contribution in [-0.4, -0.2) is 35.7 Å². The molecule has 0 fully saturated rings. The molecule has 0 saturated carbocycles. The molecule has 0 radical (unpaired) electrons. The molecule has 11 heteroatoms. The number of nitrogens with zero attached hydrogens (tertiary/aromatic N) is 1. The highest BCUT2D eigenvalue weighted by Crippen LogP contribution is 2.37. The Balaban J connectivity index is 2.72. The van der Waals surface area contributed by atoms with Gasteiger partial charge in [0.1, 0.15) is 0 Å². The summed E-state index contributed by atoms with van der Waals surface area (Å²) < 4.78 is 84.5. The average molecular weight is 463 g/mol. The van der Waals surface area contributed by atoms with E-state index in [-0.39, 0.29) is 35.3 Å². The van der Waals surface area contributed by atoms with Crippen LogP contribution in [0.3, 0.4) is 0 Å². The molecule has 0 spiro atoms. The van der Waals surface area contributed by atoms with Crippen LogP contribution in [0, 0.1) is 0 Å². The minimum absolute atomic E-state index is 0.00177. The summed E-state index contributed by atoms with van der Waals surface area (Å²) in [5.41, 5.74) is -2.56. The van der Waals surface area contributed by atoms with E-state index in [0.29, 0.717) is 12.1 Å². The maximum absolute atomic E-state index is 13.4. The zero-order valence-corrected chi connectivity index (χ0v) is 17.0. The highest BCUT2D eigenvalue weighted by atomic mass is 19.4. The van der Waals surface area contributed by atoms with Gasteiger partial charge < -0.3 is 14.7 Å². The van der Waals surface area contributed by atoms with Crippen molar-refractivity contribution in [1.29, 1.82) is 0 Å². The van der Waals surface area contributed by atoms with Crippen molar-refractivity contribution in [3.63, 3.8) is 0 Å². The number of carbonyl (C=O) groups is 2. The van der Waals surface area contributed by atoms with Crippen molar-refractivity contribution in [2.24, 2.45) is 0 Å². The first-order valence-electron chi connectivity index (χ1n) is 9.22. The summed E-state index contributed by atoms with van der Waals surface area (Å²) >= 11 is 0. The van der Waals surface area contributed by atoms with E-state index in [1.165, 1.54) is 6.07 Å². The number of carboxylic acids is 1. The van der Waals surface area contributed by atoms with Gasteiger partial charge in [0, 0.05) is 13.1 Å². The SMILES string of the molecule is CCN(Cc1cc(C(F)(F)F)ccc1-c1cc(CC(=O)O)cc(C(F)(F)F)c1)C(=O)OC. The third kappa shape index (κ3) is 6.14. The first-order chi connectivity index (χ1) is 14.8. The molecule has 0 aliphatic heterocycles. The van der Waals surface area contributed by atoms with Gasteiger partial charge in [-0.2, -0.15) is 26.3 Å². The lowest BCUT2D eigenvalue weighted by Gasteiger charge is -2.22. The lowest BCUT2D eigenvalue weighted by atomic mass is 9.93. The molecular formula is C21H19F6NO4. The van der Waals surface area contributed by atoms with Gasteiger partial charge in [0.15, 0.2) is 0 Å². The van der Waals surface area contributed by atoms with E-state index in [1.807, 2.05) is 0 Å². The van der Waals surface area contributed by atoms with Gasteiger partial charge in [-0.05, 0) is 53.4 Å². The molecule has 0 aromatic heterocycles. The first-order valence-corrected chi connectivity index (χ1v) is 9.22. The zero-order valence-electron chi connectivity index (χ0n) is 17.0. The molecule has 0 unspecified atom stereocenters. The van der Waals surface area contributed by atoms with Gasteiger partial charge in [0.2, 0.25) is 0 Å². The number of benzene rings is 2. The van der Waals surface area contributed by atoms with Gasteiger partial charge in [0.05, 0.1) is 24.7 Å². The fourth-order valence-corrected chi connectivity index (χ4v) is 3.11.